The van der Waals surface area contributed by atoms with Gasteiger partial charge in [0.2, 0.25) is 0 Å². The van der Waals surface area contributed by atoms with Crippen LogP contribution in [0.2, 0.25) is 0 Å². The van der Waals surface area contributed by atoms with E-state index < -0.39 is 6.17 Å². The Labute approximate surface area is 135 Å². The van der Waals surface area contributed by atoms with Gasteiger partial charge >= 0.3 is 0 Å². The van der Waals surface area contributed by atoms with Gasteiger partial charge in [-0.1, -0.05) is 6.07 Å². The molecular weight excluding hydrogens is 299 g/mol. The van der Waals surface area contributed by atoms with Crippen LogP contribution in [-0.4, -0.2) is 58.2 Å². The number of hydrogen-bond acceptors (Lipinski definition) is 4. The molecule has 3 heterocycles. The van der Waals surface area contributed by atoms with Crippen molar-refractivity contribution in [1.29, 1.82) is 0 Å². The Morgan fingerprint density at radius 1 is 1.50 bits per heavy atom. The minimum Gasteiger partial charge on any atom is -0.336 e. The van der Waals surface area contributed by atoms with Crippen LogP contribution >= 0.6 is 11.3 Å². The van der Waals surface area contributed by atoms with Crippen molar-refractivity contribution in [2.75, 3.05) is 26.7 Å². The van der Waals surface area contributed by atoms with Crippen LogP contribution < -0.4 is 0 Å². The second-order valence-electron chi connectivity index (χ2n) is 6.06. The van der Waals surface area contributed by atoms with Crippen LogP contribution in [0.4, 0.5) is 4.39 Å². The molecule has 0 saturated carbocycles. The topological polar surface area (TPSA) is 24.3 Å². The van der Waals surface area contributed by atoms with E-state index in [0.717, 1.165) is 26.2 Å². The van der Waals surface area contributed by atoms with Crippen LogP contribution in [0.3, 0.4) is 0 Å². The summed E-state index contributed by atoms with van der Waals surface area (Å²) in [4.78, 5) is 9.97. The average molecular weight is 322 g/mol. The van der Waals surface area contributed by atoms with E-state index in [2.05, 4.69) is 43.9 Å². The fraction of sp³-hybridized carbons (Fsp3) is 0.562. The molecule has 0 spiro atoms. The summed E-state index contributed by atoms with van der Waals surface area (Å²) in [6, 6.07) is 4.51. The van der Waals surface area contributed by atoms with E-state index in [0.29, 0.717) is 19.0 Å². The number of likely N-dealkylation sites (N-methyl/N-ethyl adjacent to an activating group) is 1. The van der Waals surface area contributed by atoms with Crippen LogP contribution in [0.15, 0.2) is 36.2 Å². The van der Waals surface area contributed by atoms with Gasteiger partial charge in [-0.05, 0) is 24.9 Å². The minimum atomic E-state index is -0.688. The SMILES string of the molecule is CN(CCn1ccnc1)C[C@@H]1C[C@H](F)CN1Cc1cccs1. The molecule has 0 aliphatic carbocycles. The van der Waals surface area contributed by atoms with Gasteiger partial charge in [-0.15, -0.1) is 11.3 Å². The van der Waals surface area contributed by atoms with Crippen molar-refractivity contribution in [1.82, 2.24) is 19.4 Å². The van der Waals surface area contributed by atoms with Crippen molar-refractivity contribution in [3.05, 3.63) is 41.1 Å². The molecule has 2 aromatic heterocycles. The van der Waals surface area contributed by atoms with Gasteiger partial charge in [0.1, 0.15) is 6.17 Å². The van der Waals surface area contributed by atoms with E-state index in [1.807, 2.05) is 12.5 Å². The Kier molecular flexibility index (Phi) is 5.23. The summed E-state index contributed by atoms with van der Waals surface area (Å²) < 4.78 is 15.9. The molecule has 4 nitrogen and oxygen atoms in total. The lowest BCUT2D eigenvalue weighted by atomic mass is 10.2. The molecule has 0 bridgehead atoms. The molecule has 120 valence electrons. The van der Waals surface area contributed by atoms with Gasteiger partial charge in [0, 0.05) is 56.0 Å². The third-order valence-corrected chi connectivity index (χ3v) is 5.10. The number of thiophene rings is 1. The maximum atomic E-state index is 13.8. The molecule has 0 aromatic carbocycles. The third-order valence-electron chi connectivity index (χ3n) is 4.24. The summed E-state index contributed by atoms with van der Waals surface area (Å²) in [5, 5.41) is 2.09. The Morgan fingerprint density at radius 3 is 3.14 bits per heavy atom. The Hall–Kier alpha value is -1.24. The van der Waals surface area contributed by atoms with E-state index in [4.69, 9.17) is 0 Å². The first-order valence-electron chi connectivity index (χ1n) is 7.75. The number of imidazole rings is 1. The standard InChI is InChI=1S/C16H23FN4S/c1-19(6-7-20-5-4-18-13-20)11-15-9-14(17)10-21(15)12-16-3-2-8-22-16/h2-5,8,13-15H,6-7,9-12H2,1H3/t14-,15-/m0/s1. The number of rotatable bonds is 7. The molecule has 0 N–H and O–H groups in total. The quantitative estimate of drug-likeness (QED) is 0.783. The number of halogens is 1. The third kappa shape index (κ3) is 4.15. The lowest BCUT2D eigenvalue weighted by molar-refractivity contribution is 0.182. The zero-order valence-electron chi connectivity index (χ0n) is 12.9. The number of aromatic nitrogens is 2. The van der Waals surface area contributed by atoms with E-state index >= 15 is 0 Å². The number of nitrogens with zero attached hydrogens (tertiary/aromatic N) is 4. The average Bonchev–Trinajstić information content (AvgIpc) is 3.21. The number of alkyl halides is 1. The molecule has 1 aliphatic heterocycles. The molecule has 0 radical (unpaired) electrons. The molecular formula is C16H23FN4S. The van der Waals surface area contributed by atoms with Gasteiger partial charge in [0.05, 0.1) is 6.33 Å². The van der Waals surface area contributed by atoms with Crippen LogP contribution in [0.5, 0.6) is 0 Å². The normalized spacial score (nSPS) is 22.7. The molecule has 3 rings (SSSR count). The Bertz CT molecular complexity index is 543. The van der Waals surface area contributed by atoms with E-state index in [9.17, 15) is 4.39 Å². The summed E-state index contributed by atoms with van der Waals surface area (Å²) in [7, 11) is 2.12. The Morgan fingerprint density at radius 2 is 2.41 bits per heavy atom. The first-order chi connectivity index (χ1) is 10.7. The zero-order valence-corrected chi connectivity index (χ0v) is 13.8. The van der Waals surface area contributed by atoms with Crippen molar-refractivity contribution in [3.63, 3.8) is 0 Å². The second kappa shape index (κ2) is 7.35. The maximum Gasteiger partial charge on any atom is 0.114 e. The molecule has 6 heteroatoms. The lowest BCUT2D eigenvalue weighted by Gasteiger charge is -2.28. The summed E-state index contributed by atoms with van der Waals surface area (Å²) in [6.45, 7) is 4.24. The van der Waals surface area contributed by atoms with Crippen molar-refractivity contribution < 1.29 is 4.39 Å². The summed E-state index contributed by atoms with van der Waals surface area (Å²) in [5.74, 6) is 0. The van der Waals surface area contributed by atoms with Crippen LogP contribution in [0.1, 0.15) is 11.3 Å². The van der Waals surface area contributed by atoms with Gasteiger partial charge in [-0.25, -0.2) is 9.37 Å². The summed E-state index contributed by atoms with van der Waals surface area (Å²) in [5.41, 5.74) is 0. The molecule has 1 fully saturated rings. The monoisotopic (exact) mass is 322 g/mol. The van der Waals surface area contributed by atoms with Crippen LogP contribution in [0.25, 0.3) is 0 Å². The maximum absolute atomic E-state index is 13.8. The molecule has 22 heavy (non-hydrogen) atoms. The summed E-state index contributed by atoms with van der Waals surface area (Å²) in [6.07, 6.45) is 5.58. The van der Waals surface area contributed by atoms with Gasteiger partial charge in [-0.2, -0.15) is 0 Å². The molecule has 0 amide bonds. The van der Waals surface area contributed by atoms with E-state index in [1.54, 1.807) is 17.5 Å². The highest BCUT2D eigenvalue weighted by Gasteiger charge is 2.32. The summed E-state index contributed by atoms with van der Waals surface area (Å²) >= 11 is 1.75. The zero-order chi connectivity index (χ0) is 15.4. The highest BCUT2D eigenvalue weighted by atomic mass is 32.1. The predicted octanol–water partition coefficient (Wildman–Crippen LogP) is 2.49. The highest BCUT2D eigenvalue weighted by molar-refractivity contribution is 7.09. The molecule has 2 aromatic rings. The van der Waals surface area contributed by atoms with Crippen molar-refractivity contribution in [3.8, 4) is 0 Å². The van der Waals surface area contributed by atoms with Gasteiger partial charge in [-0.3, -0.25) is 4.90 Å². The molecule has 1 saturated heterocycles. The lowest BCUT2D eigenvalue weighted by Crippen LogP contribution is -2.39. The van der Waals surface area contributed by atoms with E-state index in [-0.39, 0.29) is 0 Å². The second-order valence-corrected chi connectivity index (χ2v) is 7.09. The predicted molar refractivity (Wildman–Crippen MR) is 87.8 cm³/mol. The Balaban J connectivity index is 1.50. The van der Waals surface area contributed by atoms with Crippen LogP contribution in [-0.2, 0) is 13.1 Å². The number of hydrogen-bond donors (Lipinski definition) is 0. The van der Waals surface area contributed by atoms with Crippen molar-refractivity contribution in [2.45, 2.75) is 31.7 Å². The molecule has 2 atom stereocenters. The van der Waals surface area contributed by atoms with Crippen molar-refractivity contribution in [2.24, 2.45) is 0 Å². The number of likely N-dealkylation sites (tertiary alicyclic amines) is 1. The minimum absolute atomic E-state index is 0.310. The van der Waals surface area contributed by atoms with Crippen LogP contribution in [0, 0.1) is 0 Å². The first kappa shape index (κ1) is 15.6. The molecule has 0 unspecified atom stereocenters. The fourth-order valence-corrected chi connectivity index (χ4v) is 3.79. The first-order valence-corrected chi connectivity index (χ1v) is 8.63. The van der Waals surface area contributed by atoms with Crippen molar-refractivity contribution >= 4 is 11.3 Å². The molecule has 1 aliphatic rings. The largest absolute Gasteiger partial charge is 0.336 e. The van der Waals surface area contributed by atoms with E-state index in [1.165, 1.54) is 4.88 Å². The smallest absolute Gasteiger partial charge is 0.114 e. The van der Waals surface area contributed by atoms with Gasteiger partial charge in [0.25, 0.3) is 0 Å². The van der Waals surface area contributed by atoms with Gasteiger partial charge < -0.3 is 9.47 Å². The fourth-order valence-electron chi connectivity index (χ4n) is 3.06. The van der Waals surface area contributed by atoms with Gasteiger partial charge in [0.15, 0.2) is 0 Å². The highest BCUT2D eigenvalue weighted by Crippen LogP contribution is 2.24.